The molecule has 0 N–H and O–H groups in total. The lowest BCUT2D eigenvalue weighted by Crippen LogP contribution is -2.36. The second-order valence-corrected chi connectivity index (χ2v) is 8.17. The number of rotatable bonds is 3. The van der Waals surface area contributed by atoms with Crippen LogP contribution < -0.4 is 9.04 Å². The van der Waals surface area contributed by atoms with E-state index in [0.29, 0.717) is 17.1 Å². The van der Waals surface area contributed by atoms with Crippen LogP contribution in [0.25, 0.3) is 6.08 Å². The number of para-hydroxylation sites is 2. The Labute approximate surface area is 159 Å². The highest BCUT2D eigenvalue weighted by Gasteiger charge is 2.33. The molecule has 0 bridgehead atoms. The quantitative estimate of drug-likeness (QED) is 0.669. The molecule has 0 atom stereocenters. The summed E-state index contributed by atoms with van der Waals surface area (Å²) in [6.45, 7) is 2.11. The molecule has 0 radical (unpaired) electrons. The number of hydrogen-bond donors (Lipinski definition) is 0. The van der Waals surface area contributed by atoms with Crippen LogP contribution in [0.2, 0.25) is 0 Å². The van der Waals surface area contributed by atoms with Crippen LogP contribution in [0.1, 0.15) is 11.1 Å². The number of benzene rings is 3. The van der Waals surface area contributed by atoms with Gasteiger partial charge in [-0.1, -0.05) is 60.2 Å². The van der Waals surface area contributed by atoms with Gasteiger partial charge in [0.15, 0.2) is 0 Å². The maximum Gasteiger partial charge on any atom is 0.268 e. The average molecular weight is 377 g/mol. The van der Waals surface area contributed by atoms with E-state index in [-0.39, 0.29) is 11.5 Å². The fourth-order valence-corrected chi connectivity index (χ4v) is 4.57. The third-order valence-corrected chi connectivity index (χ3v) is 6.19. The lowest BCUT2D eigenvalue weighted by molar-refractivity contribution is 0.342. The Morgan fingerprint density at radius 1 is 0.889 bits per heavy atom. The summed E-state index contributed by atoms with van der Waals surface area (Å²) in [6.07, 6.45) is 1.85. The minimum atomic E-state index is -3.78. The number of sulfonamides is 1. The van der Waals surface area contributed by atoms with Gasteiger partial charge in [0, 0.05) is 0 Å². The molecule has 3 aromatic carbocycles. The summed E-state index contributed by atoms with van der Waals surface area (Å²) < 4.78 is 34.2. The van der Waals surface area contributed by atoms with Crippen molar-refractivity contribution >= 4 is 21.8 Å². The van der Waals surface area contributed by atoms with Gasteiger partial charge in [0.05, 0.1) is 16.3 Å². The molecule has 1 aliphatic heterocycles. The summed E-state index contributed by atoms with van der Waals surface area (Å²) in [5.74, 6) is 0.554. The monoisotopic (exact) mass is 377 g/mol. The predicted octanol–water partition coefficient (Wildman–Crippen LogP) is 4.62. The number of fused-ring (bicyclic) bond motifs is 1. The first-order valence-electron chi connectivity index (χ1n) is 8.65. The first-order valence-corrected chi connectivity index (χ1v) is 10.1. The van der Waals surface area contributed by atoms with Gasteiger partial charge in [0.1, 0.15) is 12.4 Å². The van der Waals surface area contributed by atoms with Crippen molar-refractivity contribution in [3.63, 3.8) is 0 Å². The number of aryl methyl sites for hydroxylation is 1. The summed E-state index contributed by atoms with van der Waals surface area (Å²) in [7, 11) is -3.78. The Hall–Kier alpha value is -3.05. The van der Waals surface area contributed by atoms with Crippen molar-refractivity contribution in [2.24, 2.45) is 0 Å². The van der Waals surface area contributed by atoms with E-state index < -0.39 is 10.0 Å². The zero-order chi connectivity index (χ0) is 18.9. The van der Waals surface area contributed by atoms with Gasteiger partial charge in [0.2, 0.25) is 0 Å². The number of nitrogens with zero attached hydrogens (tertiary/aromatic N) is 1. The maximum absolute atomic E-state index is 13.5. The summed E-state index contributed by atoms with van der Waals surface area (Å²) in [4.78, 5) is 0.253. The van der Waals surface area contributed by atoms with Crippen LogP contribution in [-0.2, 0) is 10.0 Å². The van der Waals surface area contributed by atoms with E-state index in [1.165, 1.54) is 4.31 Å². The van der Waals surface area contributed by atoms with Crippen LogP contribution in [0.5, 0.6) is 5.75 Å². The van der Waals surface area contributed by atoms with Gasteiger partial charge in [-0.25, -0.2) is 12.7 Å². The van der Waals surface area contributed by atoms with E-state index in [1.54, 1.807) is 36.4 Å². The Kier molecular flexibility index (Phi) is 4.46. The van der Waals surface area contributed by atoms with Crippen molar-refractivity contribution in [1.82, 2.24) is 0 Å². The summed E-state index contributed by atoms with van der Waals surface area (Å²) in [5, 5.41) is 0. The minimum Gasteiger partial charge on any atom is -0.485 e. The zero-order valence-corrected chi connectivity index (χ0v) is 15.7. The Morgan fingerprint density at radius 3 is 2.30 bits per heavy atom. The molecule has 1 heterocycles. The van der Waals surface area contributed by atoms with Crippen molar-refractivity contribution in [3.8, 4) is 5.75 Å². The van der Waals surface area contributed by atoms with Crippen LogP contribution >= 0.6 is 0 Å². The highest BCUT2D eigenvalue weighted by Crippen LogP contribution is 2.39. The highest BCUT2D eigenvalue weighted by molar-refractivity contribution is 7.93. The zero-order valence-electron chi connectivity index (χ0n) is 14.9. The van der Waals surface area contributed by atoms with Gasteiger partial charge < -0.3 is 4.74 Å². The maximum atomic E-state index is 13.5. The smallest absolute Gasteiger partial charge is 0.268 e. The summed E-state index contributed by atoms with van der Waals surface area (Å²) in [5.41, 5.74) is 3.02. The Bertz CT molecular complexity index is 1090. The van der Waals surface area contributed by atoms with Gasteiger partial charge in [-0.3, -0.25) is 0 Å². The molecule has 1 aliphatic rings. The summed E-state index contributed by atoms with van der Waals surface area (Å²) in [6, 6.07) is 23.7. The van der Waals surface area contributed by atoms with Crippen LogP contribution in [0.15, 0.2) is 89.5 Å². The number of hydrogen-bond acceptors (Lipinski definition) is 3. The molecule has 3 aromatic rings. The topological polar surface area (TPSA) is 46.6 Å². The standard InChI is InChI=1S/C22H19NO3S/c1-17-11-13-20(14-12-17)27(24,25)23-19(15-18-7-3-2-4-8-18)16-26-22-10-6-5-9-21(22)23/h2-15H,16H2,1H3/b19-15-. The highest BCUT2D eigenvalue weighted by atomic mass is 32.2. The number of anilines is 1. The predicted molar refractivity (Wildman–Crippen MR) is 107 cm³/mol. The molecule has 0 amide bonds. The van der Waals surface area contributed by atoms with E-state index in [2.05, 4.69) is 0 Å². The third-order valence-electron chi connectivity index (χ3n) is 4.41. The first-order chi connectivity index (χ1) is 13.1. The fraction of sp³-hybridized carbons (Fsp3) is 0.0909. The second-order valence-electron chi connectivity index (χ2n) is 6.39. The SMILES string of the molecule is Cc1ccc(S(=O)(=O)N2/C(=C\c3ccccc3)COc3ccccc32)cc1. The normalized spacial score (nSPS) is 15.3. The number of ether oxygens (including phenoxy) is 1. The fourth-order valence-electron chi connectivity index (χ4n) is 3.05. The lowest BCUT2D eigenvalue weighted by atomic mass is 10.1. The third kappa shape index (κ3) is 3.34. The Balaban J connectivity index is 1.88. The van der Waals surface area contributed by atoms with Crippen molar-refractivity contribution < 1.29 is 13.2 Å². The molecule has 5 heteroatoms. The largest absolute Gasteiger partial charge is 0.485 e. The molecule has 27 heavy (non-hydrogen) atoms. The van der Waals surface area contributed by atoms with Gasteiger partial charge in [-0.05, 0) is 42.8 Å². The van der Waals surface area contributed by atoms with Gasteiger partial charge in [-0.2, -0.15) is 0 Å². The molecule has 0 saturated carbocycles. The van der Waals surface area contributed by atoms with Gasteiger partial charge in [0.25, 0.3) is 10.0 Å². The minimum absolute atomic E-state index is 0.178. The van der Waals surface area contributed by atoms with Crippen LogP contribution in [0.3, 0.4) is 0 Å². The van der Waals surface area contributed by atoms with E-state index >= 15 is 0 Å². The first kappa shape index (κ1) is 17.4. The van der Waals surface area contributed by atoms with E-state index in [9.17, 15) is 8.42 Å². The molecule has 0 fully saturated rings. The molecule has 0 saturated heterocycles. The van der Waals surface area contributed by atoms with Crippen molar-refractivity contribution in [2.45, 2.75) is 11.8 Å². The molecular weight excluding hydrogens is 358 g/mol. The van der Waals surface area contributed by atoms with Crippen LogP contribution in [0, 0.1) is 6.92 Å². The van der Waals surface area contributed by atoms with Crippen molar-refractivity contribution in [3.05, 3.63) is 95.7 Å². The molecule has 0 aromatic heterocycles. The molecule has 136 valence electrons. The van der Waals surface area contributed by atoms with E-state index in [0.717, 1.165) is 11.1 Å². The lowest BCUT2D eigenvalue weighted by Gasteiger charge is -2.32. The molecular formula is C22H19NO3S. The van der Waals surface area contributed by atoms with Crippen molar-refractivity contribution in [2.75, 3.05) is 10.9 Å². The second kappa shape index (κ2) is 6.93. The summed E-state index contributed by atoms with van der Waals surface area (Å²) >= 11 is 0. The van der Waals surface area contributed by atoms with Gasteiger partial charge in [-0.15, -0.1) is 0 Å². The van der Waals surface area contributed by atoms with E-state index in [1.807, 2.05) is 55.5 Å². The molecule has 4 rings (SSSR count). The van der Waals surface area contributed by atoms with Crippen LogP contribution in [-0.4, -0.2) is 15.0 Å². The van der Waals surface area contributed by atoms with E-state index in [4.69, 9.17) is 4.74 Å². The average Bonchev–Trinajstić information content (AvgIpc) is 2.69. The molecule has 0 aliphatic carbocycles. The van der Waals surface area contributed by atoms with Crippen LogP contribution in [0.4, 0.5) is 5.69 Å². The Morgan fingerprint density at radius 2 is 1.56 bits per heavy atom. The molecule has 4 nitrogen and oxygen atoms in total. The molecule has 0 spiro atoms. The molecule has 0 unspecified atom stereocenters. The van der Waals surface area contributed by atoms with Crippen molar-refractivity contribution in [1.29, 1.82) is 0 Å². The van der Waals surface area contributed by atoms with Gasteiger partial charge >= 0.3 is 0 Å².